The van der Waals surface area contributed by atoms with E-state index < -0.39 is 0 Å². The molecule has 0 amide bonds. The highest BCUT2D eigenvalue weighted by molar-refractivity contribution is 6.02. The fourth-order valence-corrected chi connectivity index (χ4v) is 1.37. The maximum Gasteiger partial charge on any atom is 0.220 e. The van der Waals surface area contributed by atoms with E-state index in [1.54, 1.807) is 18.2 Å². The Morgan fingerprint density at radius 2 is 1.82 bits per heavy atom. The number of carbonyl (C=O) groups excluding carboxylic acids is 1. The van der Waals surface area contributed by atoms with Crippen molar-refractivity contribution in [3.8, 4) is 0 Å². The van der Waals surface area contributed by atoms with Gasteiger partial charge in [-0.1, -0.05) is 48.6 Å². The van der Waals surface area contributed by atoms with Gasteiger partial charge in [0.25, 0.3) is 0 Å². The van der Waals surface area contributed by atoms with E-state index in [0.717, 1.165) is 5.56 Å². The molecule has 0 fully saturated rings. The van der Waals surface area contributed by atoms with E-state index in [0.29, 0.717) is 5.76 Å². The minimum absolute atomic E-state index is 0.132. The zero-order valence-corrected chi connectivity index (χ0v) is 9.24. The number of carbonyl (C=O) groups is 1. The fraction of sp³-hybridized carbons (Fsp3) is 0. The topological polar surface area (TPSA) is 30.2 Å². The summed E-state index contributed by atoms with van der Waals surface area (Å²) in [6.07, 6.45) is 8.44. The highest BCUT2D eigenvalue weighted by Gasteiger charge is 2.01. The van der Waals surface area contributed by atoms with Crippen LogP contribution in [0.4, 0.5) is 0 Å². The molecule has 1 heterocycles. The number of furan rings is 1. The van der Waals surface area contributed by atoms with Crippen molar-refractivity contribution in [1.29, 1.82) is 0 Å². The van der Waals surface area contributed by atoms with Gasteiger partial charge in [0, 0.05) is 0 Å². The van der Waals surface area contributed by atoms with Gasteiger partial charge in [0.05, 0.1) is 6.26 Å². The van der Waals surface area contributed by atoms with E-state index in [1.807, 2.05) is 42.5 Å². The van der Waals surface area contributed by atoms with Crippen LogP contribution in [0.15, 0.2) is 71.4 Å². The molecule has 0 radical (unpaired) electrons. The minimum atomic E-state index is -0.132. The molecule has 0 N–H and O–H groups in total. The molecule has 0 aliphatic heterocycles. The average Bonchev–Trinajstić information content (AvgIpc) is 2.89. The van der Waals surface area contributed by atoms with E-state index in [9.17, 15) is 4.79 Å². The number of hydrogen-bond acceptors (Lipinski definition) is 2. The molecule has 17 heavy (non-hydrogen) atoms. The molecule has 0 saturated carbocycles. The predicted molar refractivity (Wildman–Crippen MR) is 67.7 cm³/mol. The van der Waals surface area contributed by atoms with Gasteiger partial charge in [-0.2, -0.15) is 0 Å². The largest absolute Gasteiger partial charge is 0.461 e. The van der Waals surface area contributed by atoms with Gasteiger partial charge < -0.3 is 4.42 Å². The summed E-state index contributed by atoms with van der Waals surface area (Å²) >= 11 is 0. The Balaban J connectivity index is 1.94. The summed E-state index contributed by atoms with van der Waals surface area (Å²) in [4.78, 5) is 11.5. The normalized spacial score (nSPS) is 11.3. The molecule has 2 aromatic rings. The first-order valence-corrected chi connectivity index (χ1v) is 5.34. The van der Waals surface area contributed by atoms with Gasteiger partial charge in [0.2, 0.25) is 5.78 Å². The number of rotatable bonds is 4. The van der Waals surface area contributed by atoms with E-state index in [2.05, 4.69) is 0 Å². The van der Waals surface area contributed by atoms with E-state index in [1.165, 1.54) is 12.3 Å². The Morgan fingerprint density at radius 1 is 1.00 bits per heavy atom. The molecule has 2 heteroatoms. The van der Waals surface area contributed by atoms with Crippen molar-refractivity contribution >= 4 is 11.9 Å². The zero-order chi connectivity index (χ0) is 11.9. The van der Waals surface area contributed by atoms with Crippen LogP contribution in [0.2, 0.25) is 0 Å². The third-order valence-corrected chi connectivity index (χ3v) is 2.21. The third-order valence-electron chi connectivity index (χ3n) is 2.21. The highest BCUT2D eigenvalue weighted by Crippen LogP contribution is 2.03. The SMILES string of the molecule is O=C(C=CC=Cc1ccccc1)c1ccco1. The molecule has 0 saturated heterocycles. The van der Waals surface area contributed by atoms with Gasteiger partial charge in [0.1, 0.15) is 0 Å². The Kier molecular flexibility index (Phi) is 3.71. The second kappa shape index (κ2) is 5.66. The second-order valence-corrected chi connectivity index (χ2v) is 3.47. The summed E-state index contributed by atoms with van der Waals surface area (Å²) in [7, 11) is 0. The molecular formula is C15H12O2. The highest BCUT2D eigenvalue weighted by atomic mass is 16.3. The van der Waals surface area contributed by atoms with Crippen LogP contribution in [0, 0.1) is 0 Å². The number of hydrogen-bond donors (Lipinski definition) is 0. The lowest BCUT2D eigenvalue weighted by atomic mass is 10.2. The molecule has 1 aromatic heterocycles. The smallest absolute Gasteiger partial charge is 0.220 e. The van der Waals surface area contributed by atoms with E-state index >= 15 is 0 Å². The Morgan fingerprint density at radius 3 is 2.53 bits per heavy atom. The summed E-state index contributed by atoms with van der Waals surface area (Å²) < 4.78 is 4.99. The van der Waals surface area contributed by atoms with Crippen molar-refractivity contribution in [2.24, 2.45) is 0 Å². The van der Waals surface area contributed by atoms with Crippen LogP contribution >= 0.6 is 0 Å². The van der Waals surface area contributed by atoms with Gasteiger partial charge in [-0.05, 0) is 23.8 Å². The van der Waals surface area contributed by atoms with Crippen LogP contribution in [0.25, 0.3) is 6.08 Å². The lowest BCUT2D eigenvalue weighted by Crippen LogP contribution is -1.89. The first-order valence-electron chi connectivity index (χ1n) is 5.34. The monoisotopic (exact) mass is 224 g/mol. The molecule has 0 atom stereocenters. The van der Waals surface area contributed by atoms with Crippen molar-refractivity contribution < 1.29 is 9.21 Å². The maximum absolute atomic E-state index is 11.5. The molecule has 0 aliphatic carbocycles. The molecule has 0 unspecified atom stereocenters. The summed E-state index contributed by atoms with van der Waals surface area (Å²) in [5.74, 6) is 0.224. The molecule has 1 aromatic carbocycles. The van der Waals surface area contributed by atoms with Crippen LogP contribution in [-0.4, -0.2) is 5.78 Å². The molecule has 84 valence electrons. The zero-order valence-electron chi connectivity index (χ0n) is 9.24. The Labute approximate surface area is 99.9 Å². The maximum atomic E-state index is 11.5. The van der Waals surface area contributed by atoms with Gasteiger partial charge >= 0.3 is 0 Å². The fourth-order valence-electron chi connectivity index (χ4n) is 1.37. The summed E-state index contributed by atoms with van der Waals surface area (Å²) in [6.45, 7) is 0. The van der Waals surface area contributed by atoms with Gasteiger partial charge in [-0.15, -0.1) is 0 Å². The molecule has 0 spiro atoms. The average molecular weight is 224 g/mol. The minimum Gasteiger partial charge on any atom is -0.461 e. The lowest BCUT2D eigenvalue weighted by Gasteiger charge is -1.88. The Bertz CT molecular complexity index is 519. The van der Waals surface area contributed by atoms with Gasteiger partial charge in [-0.3, -0.25) is 4.79 Å². The summed E-state index contributed by atoms with van der Waals surface area (Å²) in [5, 5.41) is 0. The van der Waals surface area contributed by atoms with Crippen molar-refractivity contribution in [2.45, 2.75) is 0 Å². The first kappa shape index (κ1) is 11.1. The molecule has 2 nitrogen and oxygen atoms in total. The van der Waals surface area contributed by atoms with Gasteiger partial charge in [-0.25, -0.2) is 0 Å². The number of ketones is 1. The van der Waals surface area contributed by atoms with Crippen molar-refractivity contribution in [2.75, 3.05) is 0 Å². The van der Waals surface area contributed by atoms with Crippen LogP contribution < -0.4 is 0 Å². The number of benzene rings is 1. The number of allylic oxidation sites excluding steroid dienone is 3. The van der Waals surface area contributed by atoms with Crippen molar-refractivity contribution in [1.82, 2.24) is 0 Å². The van der Waals surface area contributed by atoms with Crippen molar-refractivity contribution in [3.63, 3.8) is 0 Å². The Hall–Kier alpha value is -2.35. The lowest BCUT2D eigenvalue weighted by molar-refractivity contribution is 0.102. The van der Waals surface area contributed by atoms with Crippen LogP contribution in [0.3, 0.4) is 0 Å². The molecule has 0 bridgehead atoms. The van der Waals surface area contributed by atoms with Crippen molar-refractivity contribution in [3.05, 3.63) is 78.3 Å². The molecular weight excluding hydrogens is 212 g/mol. The van der Waals surface area contributed by atoms with Gasteiger partial charge in [0.15, 0.2) is 5.76 Å². The first-order chi connectivity index (χ1) is 8.36. The summed E-state index contributed by atoms with van der Waals surface area (Å²) in [5.41, 5.74) is 1.10. The quantitative estimate of drug-likeness (QED) is 0.450. The van der Waals surface area contributed by atoms with Crippen LogP contribution in [-0.2, 0) is 0 Å². The molecule has 0 aliphatic rings. The second-order valence-electron chi connectivity index (χ2n) is 3.47. The van der Waals surface area contributed by atoms with Crippen LogP contribution in [0.1, 0.15) is 16.1 Å². The molecule has 2 rings (SSSR count). The van der Waals surface area contributed by atoms with E-state index in [-0.39, 0.29) is 5.78 Å². The standard InChI is InChI=1S/C15H12O2/c16-14(15-11-6-12-17-15)10-5-4-9-13-7-2-1-3-8-13/h1-12H. The third kappa shape index (κ3) is 3.31. The van der Waals surface area contributed by atoms with Crippen LogP contribution in [0.5, 0.6) is 0 Å². The summed E-state index contributed by atoms with van der Waals surface area (Å²) in [6, 6.07) is 13.2. The predicted octanol–water partition coefficient (Wildman–Crippen LogP) is 3.73. The van der Waals surface area contributed by atoms with E-state index in [4.69, 9.17) is 4.42 Å².